The summed E-state index contributed by atoms with van der Waals surface area (Å²) in [5, 5.41) is 5.39. The predicted octanol–water partition coefficient (Wildman–Crippen LogP) is 1.09. The third-order valence-electron chi connectivity index (χ3n) is 2.28. The summed E-state index contributed by atoms with van der Waals surface area (Å²) < 4.78 is 48.0. The first-order chi connectivity index (χ1) is 6.52. The fourth-order valence-electron chi connectivity index (χ4n) is 1.19. The highest BCUT2D eigenvalue weighted by molar-refractivity contribution is 4.77. The van der Waals surface area contributed by atoms with Crippen LogP contribution in [0.5, 0.6) is 0 Å². The minimum Gasteiger partial charge on any atom is -0.316 e. The molecule has 0 aromatic carbocycles. The molecule has 0 bridgehead atoms. The van der Waals surface area contributed by atoms with Crippen molar-refractivity contribution in [2.24, 2.45) is 5.92 Å². The summed E-state index contributed by atoms with van der Waals surface area (Å²) in [6.07, 6.45) is -2.83. The van der Waals surface area contributed by atoms with Crippen molar-refractivity contribution in [1.82, 2.24) is 10.6 Å². The third kappa shape index (κ3) is 3.42. The minimum atomic E-state index is -3.90. The van der Waals surface area contributed by atoms with Gasteiger partial charge in [-0.05, 0) is 32.0 Å². The normalized spacial score (nSPS) is 18.6. The monoisotopic (exact) mass is 214 g/mol. The molecule has 0 unspecified atom stereocenters. The van der Waals surface area contributed by atoms with E-state index < -0.39 is 18.9 Å². The molecule has 0 atom stereocenters. The summed E-state index contributed by atoms with van der Waals surface area (Å²) in [6, 6.07) is 0. The summed E-state index contributed by atoms with van der Waals surface area (Å²) in [5.74, 6) is -3.40. The second kappa shape index (κ2) is 4.93. The third-order valence-corrected chi connectivity index (χ3v) is 2.28. The van der Waals surface area contributed by atoms with E-state index >= 15 is 0 Å². The Bertz CT molecular complexity index is 171. The number of halogens is 4. The average Bonchev–Trinajstić information content (AvgIpc) is 2.00. The highest BCUT2D eigenvalue weighted by Crippen LogP contribution is 2.21. The molecule has 1 heterocycles. The van der Waals surface area contributed by atoms with Crippen molar-refractivity contribution < 1.29 is 17.6 Å². The van der Waals surface area contributed by atoms with Crippen molar-refractivity contribution in [2.75, 3.05) is 26.2 Å². The van der Waals surface area contributed by atoms with Crippen LogP contribution in [0.3, 0.4) is 0 Å². The van der Waals surface area contributed by atoms with E-state index in [0.29, 0.717) is 12.5 Å². The smallest absolute Gasteiger partial charge is 0.316 e. The molecule has 0 spiro atoms. The fraction of sp³-hybridized carbons (Fsp3) is 1.00. The molecule has 0 aliphatic carbocycles. The van der Waals surface area contributed by atoms with Crippen molar-refractivity contribution in [3.63, 3.8) is 0 Å². The second-order valence-corrected chi connectivity index (χ2v) is 3.55. The van der Waals surface area contributed by atoms with E-state index in [1.807, 2.05) is 0 Å². The zero-order valence-electron chi connectivity index (χ0n) is 7.70. The molecule has 1 rings (SSSR count). The highest BCUT2D eigenvalue weighted by atomic mass is 19.3. The molecule has 0 aromatic rings. The van der Waals surface area contributed by atoms with E-state index in [0.717, 1.165) is 19.5 Å². The maximum atomic E-state index is 12.3. The van der Waals surface area contributed by atoms with Gasteiger partial charge in [0.2, 0.25) is 0 Å². The van der Waals surface area contributed by atoms with Crippen LogP contribution >= 0.6 is 0 Å². The van der Waals surface area contributed by atoms with E-state index in [2.05, 4.69) is 10.6 Å². The molecule has 1 aliphatic rings. The lowest BCUT2D eigenvalue weighted by Crippen LogP contribution is -2.44. The molecule has 14 heavy (non-hydrogen) atoms. The van der Waals surface area contributed by atoms with E-state index in [1.165, 1.54) is 0 Å². The Morgan fingerprint density at radius 1 is 1.36 bits per heavy atom. The summed E-state index contributed by atoms with van der Waals surface area (Å²) in [7, 11) is 0. The molecule has 2 nitrogen and oxygen atoms in total. The lowest BCUT2D eigenvalue weighted by Gasteiger charge is -2.27. The Morgan fingerprint density at radius 2 is 2.00 bits per heavy atom. The molecule has 0 saturated carbocycles. The van der Waals surface area contributed by atoms with E-state index in [4.69, 9.17) is 0 Å². The average molecular weight is 214 g/mol. The van der Waals surface area contributed by atoms with Gasteiger partial charge < -0.3 is 10.6 Å². The Kier molecular flexibility index (Phi) is 4.12. The molecule has 6 heteroatoms. The van der Waals surface area contributed by atoms with Gasteiger partial charge in [-0.2, -0.15) is 8.78 Å². The summed E-state index contributed by atoms with van der Waals surface area (Å²) in [6.45, 7) is 1.22. The molecule has 84 valence electrons. The lowest BCUT2D eigenvalue weighted by atomic mass is 10.00. The Balaban J connectivity index is 2.01. The van der Waals surface area contributed by atoms with Gasteiger partial charge in [-0.15, -0.1) is 0 Å². The summed E-state index contributed by atoms with van der Waals surface area (Å²) in [5.41, 5.74) is 0. The van der Waals surface area contributed by atoms with Crippen LogP contribution in [0.1, 0.15) is 6.42 Å². The Morgan fingerprint density at radius 3 is 2.43 bits per heavy atom. The number of hydrogen-bond donors (Lipinski definition) is 2. The first-order valence-electron chi connectivity index (χ1n) is 4.60. The Labute approximate surface area is 80.0 Å². The van der Waals surface area contributed by atoms with Crippen LogP contribution in [0.2, 0.25) is 0 Å². The van der Waals surface area contributed by atoms with E-state index in [9.17, 15) is 17.6 Å². The van der Waals surface area contributed by atoms with Gasteiger partial charge in [0, 0.05) is 0 Å². The van der Waals surface area contributed by atoms with Gasteiger partial charge in [-0.3, -0.25) is 0 Å². The van der Waals surface area contributed by atoms with Crippen LogP contribution in [-0.4, -0.2) is 38.5 Å². The van der Waals surface area contributed by atoms with Crippen LogP contribution < -0.4 is 10.6 Å². The van der Waals surface area contributed by atoms with Gasteiger partial charge in [0.1, 0.15) is 0 Å². The van der Waals surface area contributed by atoms with Crippen LogP contribution in [-0.2, 0) is 0 Å². The van der Waals surface area contributed by atoms with E-state index in [1.54, 1.807) is 0 Å². The zero-order valence-corrected chi connectivity index (χ0v) is 7.70. The predicted molar refractivity (Wildman–Crippen MR) is 44.8 cm³/mol. The molecule has 0 amide bonds. The van der Waals surface area contributed by atoms with Crippen LogP contribution in [0.25, 0.3) is 0 Å². The number of hydrogen-bond acceptors (Lipinski definition) is 2. The summed E-state index contributed by atoms with van der Waals surface area (Å²) >= 11 is 0. The van der Waals surface area contributed by atoms with Crippen LogP contribution in [0.15, 0.2) is 0 Å². The largest absolute Gasteiger partial charge is 0.319 e. The van der Waals surface area contributed by atoms with Gasteiger partial charge in [0.05, 0.1) is 6.54 Å². The quantitative estimate of drug-likeness (QED) is 0.511. The molecular weight excluding hydrogens is 200 g/mol. The zero-order chi connectivity index (χ0) is 10.6. The minimum absolute atomic E-state index is 0.370. The van der Waals surface area contributed by atoms with Crippen molar-refractivity contribution in [3.8, 4) is 0 Å². The number of alkyl halides is 4. The standard InChI is InChI=1S/C8H14F4N2/c9-7(10)8(11,12)5-13-2-1-6-3-14-4-6/h6-7,13-14H,1-5H2. The Hall–Kier alpha value is -0.360. The topological polar surface area (TPSA) is 24.1 Å². The molecule has 0 radical (unpaired) electrons. The number of nitrogens with one attached hydrogen (secondary N) is 2. The molecule has 1 saturated heterocycles. The SMILES string of the molecule is FC(F)C(F)(F)CNCCC1CNC1. The van der Waals surface area contributed by atoms with Crippen molar-refractivity contribution in [1.29, 1.82) is 0 Å². The van der Waals surface area contributed by atoms with E-state index in [-0.39, 0.29) is 0 Å². The van der Waals surface area contributed by atoms with Crippen molar-refractivity contribution in [3.05, 3.63) is 0 Å². The van der Waals surface area contributed by atoms with Crippen LogP contribution in [0.4, 0.5) is 17.6 Å². The van der Waals surface area contributed by atoms with Crippen molar-refractivity contribution >= 4 is 0 Å². The lowest BCUT2D eigenvalue weighted by molar-refractivity contribution is -0.125. The van der Waals surface area contributed by atoms with Gasteiger partial charge in [-0.1, -0.05) is 0 Å². The van der Waals surface area contributed by atoms with Gasteiger partial charge >= 0.3 is 12.3 Å². The molecule has 2 N–H and O–H groups in total. The maximum absolute atomic E-state index is 12.3. The van der Waals surface area contributed by atoms with Gasteiger partial charge in [0.15, 0.2) is 0 Å². The maximum Gasteiger partial charge on any atom is 0.319 e. The molecular formula is C8H14F4N2. The van der Waals surface area contributed by atoms with Gasteiger partial charge in [-0.25, -0.2) is 8.78 Å². The first kappa shape index (κ1) is 11.7. The van der Waals surface area contributed by atoms with Crippen LogP contribution in [0, 0.1) is 5.92 Å². The van der Waals surface area contributed by atoms with Gasteiger partial charge in [0.25, 0.3) is 0 Å². The fourth-order valence-corrected chi connectivity index (χ4v) is 1.19. The molecule has 1 aliphatic heterocycles. The second-order valence-electron chi connectivity index (χ2n) is 3.55. The number of rotatable bonds is 6. The summed E-state index contributed by atoms with van der Waals surface area (Å²) in [4.78, 5) is 0. The highest BCUT2D eigenvalue weighted by Gasteiger charge is 2.39. The molecule has 1 fully saturated rings. The van der Waals surface area contributed by atoms with Crippen molar-refractivity contribution in [2.45, 2.75) is 18.8 Å². The molecule has 0 aromatic heterocycles. The first-order valence-corrected chi connectivity index (χ1v) is 4.60.